The molecule has 1 fully saturated rings. The van der Waals surface area contributed by atoms with E-state index in [9.17, 15) is 14.4 Å². The summed E-state index contributed by atoms with van der Waals surface area (Å²) in [5.41, 5.74) is 0.935. The molecule has 1 saturated heterocycles. The van der Waals surface area contributed by atoms with Crippen LogP contribution in [0.2, 0.25) is 15.1 Å². The van der Waals surface area contributed by atoms with Gasteiger partial charge in [-0.2, -0.15) is 0 Å². The maximum atomic E-state index is 12.6. The first kappa shape index (κ1) is 20.0. The summed E-state index contributed by atoms with van der Waals surface area (Å²) in [6, 6.07) is 11.3. The minimum atomic E-state index is -0.615. The van der Waals surface area contributed by atoms with Crippen molar-refractivity contribution >= 4 is 75.7 Å². The zero-order valence-electron chi connectivity index (χ0n) is 13.7. The summed E-state index contributed by atoms with van der Waals surface area (Å²) in [5, 5.41) is 3.22. The first-order valence-corrected chi connectivity index (χ1v) is 10.0. The summed E-state index contributed by atoms with van der Waals surface area (Å²) in [6.07, 6.45) is 0.0378. The number of anilines is 2. The highest BCUT2D eigenvalue weighted by Gasteiger charge is 2.40. The average Bonchev–Trinajstić information content (AvgIpc) is 2.90. The fraction of sp³-hybridized carbons (Fsp3) is 0.167. The van der Waals surface area contributed by atoms with Crippen LogP contribution < -0.4 is 10.2 Å². The van der Waals surface area contributed by atoms with Gasteiger partial charge < -0.3 is 5.32 Å². The van der Waals surface area contributed by atoms with E-state index in [-0.39, 0.29) is 29.9 Å². The van der Waals surface area contributed by atoms with Crippen LogP contribution in [-0.2, 0) is 14.4 Å². The molecular weight excluding hydrogens is 431 g/mol. The monoisotopic (exact) mass is 442 g/mol. The Bertz CT molecular complexity index is 922. The Balaban J connectivity index is 1.59. The van der Waals surface area contributed by atoms with Crippen LogP contribution in [0.3, 0.4) is 0 Å². The number of amides is 3. The molecule has 0 aliphatic carbocycles. The van der Waals surface area contributed by atoms with Gasteiger partial charge in [-0.3, -0.25) is 14.4 Å². The Hall–Kier alpha value is -1.73. The second kappa shape index (κ2) is 8.52. The first-order chi connectivity index (χ1) is 12.8. The fourth-order valence-corrected chi connectivity index (χ4v) is 3.98. The van der Waals surface area contributed by atoms with E-state index in [0.717, 1.165) is 16.7 Å². The number of nitrogens with one attached hydrogen (secondary N) is 1. The van der Waals surface area contributed by atoms with E-state index in [2.05, 4.69) is 5.32 Å². The SMILES string of the molecule is O=C(CSC1CC(=O)N(c2cccc(Cl)c2)C1=O)Nc1ccc(Cl)c(Cl)c1. The fourth-order valence-electron chi connectivity index (χ4n) is 2.57. The molecular formula is C18H13Cl3N2O3S. The van der Waals surface area contributed by atoms with Gasteiger partial charge in [0.1, 0.15) is 0 Å². The van der Waals surface area contributed by atoms with Crippen molar-refractivity contribution in [3.05, 3.63) is 57.5 Å². The summed E-state index contributed by atoms with van der Waals surface area (Å²) in [7, 11) is 0. The van der Waals surface area contributed by atoms with E-state index in [0.29, 0.717) is 26.4 Å². The van der Waals surface area contributed by atoms with Crippen molar-refractivity contribution in [2.24, 2.45) is 0 Å². The molecule has 0 aromatic heterocycles. The number of carbonyl (C=O) groups excluding carboxylic acids is 3. The Morgan fingerprint density at radius 1 is 1.11 bits per heavy atom. The van der Waals surface area contributed by atoms with Gasteiger partial charge in [-0.05, 0) is 36.4 Å². The van der Waals surface area contributed by atoms with Crippen molar-refractivity contribution in [1.29, 1.82) is 0 Å². The molecule has 1 N–H and O–H groups in total. The third-order valence-corrected chi connectivity index (χ3v) is 5.96. The molecule has 27 heavy (non-hydrogen) atoms. The lowest BCUT2D eigenvalue weighted by atomic mass is 10.3. The zero-order chi connectivity index (χ0) is 19.6. The number of halogens is 3. The molecule has 1 atom stereocenters. The molecule has 3 rings (SSSR count). The van der Waals surface area contributed by atoms with Gasteiger partial charge in [0.2, 0.25) is 17.7 Å². The van der Waals surface area contributed by atoms with Crippen LogP contribution in [0.15, 0.2) is 42.5 Å². The summed E-state index contributed by atoms with van der Waals surface area (Å²) >= 11 is 18.8. The molecule has 1 heterocycles. The topological polar surface area (TPSA) is 66.5 Å². The number of thioether (sulfide) groups is 1. The first-order valence-electron chi connectivity index (χ1n) is 7.84. The molecule has 1 unspecified atom stereocenters. The molecule has 1 aliphatic rings. The maximum Gasteiger partial charge on any atom is 0.247 e. The molecule has 9 heteroatoms. The van der Waals surface area contributed by atoms with Crippen molar-refractivity contribution in [3.63, 3.8) is 0 Å². The number of imide groups is 1. The molecule has 0 bridgehead atoms. The van der Waals surface area contributed by atoms with Crippen LogP contribution in [0.5, 0.6) is 0 Å². The second-order valence-electron chi connectivity index (χ2n) is 5.73. The summed E-state index contributed by atoms with van der Waals surface area (Å²) in [5.74, 6) is -0.952. The molecule has 0 saturated carbocycles. The lowest BCUT2D eigenvalue weighted by Crippen LogP contribution is -2.31. The summed E-state index contributed by atoms with van der Waals surface area (Å²) in [6.45, 7) is 0. The summed E-state index contributed by atoms with van der Waals surface area (Å²) in [4.78, 5) is 38.0. The molecule has 1 aliphatic heterocycles. The normalized spacial score (nSPS) is 16.7. The van der Waals surface area contributed by atoms with Crippen LogP contribution in [0.4, 0.5) is 11.4 Å². The van der Waals surface area contributed by atoms with Crippen molar-refractivity contribution in [3.8, 4) is 0 Å². The van der Waals surface area contributed by atoms with Gasteiger partial charge >= 0.3 is 0 Å². The van der Waals surface area contributed by atoms with Gasteiger partial charge in [0.05, 0.1) is 26.7 Å². The highest BCUT2D eigenvalue weighted by Crippen LogP contribution is 2.31. The van der Waals surface area contributed by atoms with E-state index in [1.165, 1.54) is 6.07 Å². The van der Waals surface area contributed by atoms with Gasteiger partial charge in [-0.15, -0.1) is 11.8 Å². The van der Waals surface area contributed by atoms with E-state index >= 15 is 0 Å². The van der Waals surface area contributed by atoms with Crippen LogP contribution in [0, 0.1) is 0 Å². The van der Waals surface area contributed by atoms with Gasteiger partial charge in [-0.1, -0.05) is 40.9 Å². The predicted octanol–water partition coefficient (Wildman–Crippen LogP) is 4.65. The molecule has 5 nitrogen and oxygen atoms in total. The number of benzene rings is 2. The summed E-state index contributed by atoms with van der Waals surface area (Å²) < 4.78 is 0. The highest BCUT2D eigenvalue weighted by atomic mass is 35.5. The highest BCUT2D eigenvalue weighted by molar-refractivity contribution is 8.01. The Morgan fingerprint density at radius 3 is 2.59 bits per heavy atom. The smallest absolute Gasteiger partial charge is 0.247 e. The van der Waals surface area contributed by atoms with Gasteiger partial charge in [0.15, 0.2) is 0 Å². The van der Waals surface area contributed by atoms with E-state index in [1.54, 1.807) is 36.4 Å². The second-order valence-corrected chi connectivity index (χ2v) is 8.17. The van der Waals surface area contributed by atoms with Crippen LogP contribution in [0.25, 0.3) is 0 Å². The van der Waals surface area contributed by atoms with Gasteiger partial charge in [-0.25, -0.2) is 4.90 Å². The van der Waals surface area contributed by atoms with Crippen LogP contribution in [-0.4, -0.2) is 28.7 Å². The van der Waals surface area contributed by atoms with E-state index in [1.807, 2.05) is 0 Å². The zero-order valence-corrected chi connectivity index (χ0v) is 16.8. The molecule has 0 spiro atoms. The third kappa shape index (κ3) is 4.76. The molecule has 2 aromatic carbocycles. The molecule has 3 amide bonds. The predicted molar refractivity (Wildman–Crippen MR) is 110 cm³/mol. The number of carbonyl (C=O) groups is 3. The Labute approximate surface area is 174 Å². The Morgan fingerprint density at radius 2 is 1.89 bits per heavy atom. The maximum absolute atomic E-state index is 12.6. The lowest BCUT2D eigenvalue weighted by Gasteiger charge is -2.15. The van der Waals surface area contributed by atoms with Crippen LogP contribution in [0.1, 0.15) is 6.42 Å². The standard InChI is InChI=1S/C18H13Cl3N2O3S/c19-10-2-1-3-12(6-10)23-17(25)8-15(18(23)26)27-9-16(24)22-11-4-5-13(20)14(21)7-11/h1-7,15H,8-9H2,(H,22,24). The van der Waals surface area contributed by atoms with Crippen molar-refractivity contribution < 1.29 is 14.4 Å². The minimum Gasteiger partial charge on any atom is -0.325 e. The number of hydrogen-bond donors (Lipinski definition) is 1. The molecule has 0 radical (unpaired) electrons. The van der Waals surface area contributed by atoms with Crippen molar-refractivity contribution in [1.82, 2.24) is 0 Å². The van der Waals surface area contributed by atoms with E-state index < -0.39 is 5.25 Å². The quantitative estimate of drug-likeness (QED) is 0.683. The largest absolute Gasteiger partial charge is 0.325 e. The number of hydrogen-bond acceptors (Lipinski definition) is 4. The Kier molecular flexibility index (Phi) is 6.32. The van der Waals surface area contributed by atoms with Gasteiger partial charge in [0, 0.05) is 17.1 Å². The molecule has 140 valence electrons. The van der Waals surface area contributed by atoms with Crippen LogP contribution >= 0.6 is 46.6 Å². The van der Waals surface area contributed by atoms with Crippen molar-refractivity contribution in [2.75, 3.05) is 16.0 Å². The van der Waals surface area contributed by atoms with E-state index in [4.69, 9.17) is 34.8 Å². The third-order valence-electron chi connectivity index (χ3n) is 3.79. The molecule has 2 aromatic rings. The number of rotatable bonds is 5. The van der Waals surface area contributed by atoms with Gasteiger partial charge in [0.25, 0.3) is 0 Å². The average molecular weight is 444 g/mol. The number of nitrogens with zero attached hydrogens (tertiary/aromatic N) is 1. The minimum absolute atomic E-state index is 0.0211. The van der Waals surface area contributed by atoms with Crippen molar-refractivity contribution in [2.45, 2.75) is 11.7 Å². The lowest BCUT2D eigenvalue weighted by molar-refractivity contribution is -0.121.